The standard InChI is InChI=1S/C14H21N7O/c1-18(2)12(22)9-20-4-6-21(7-5-20)14-11-8-17-19(3)13(11)15-10-16-14/h8,10H,4-7,9H2,1-3H3. The highest BCUT2D eigenvalue weighted by Crippen LogP contribution is 2.23. The first-order valence-electron chi connectivity index (χ1n) is 7.36. The van der Waals surface area contributed by atoms with E-state index in [0.29, 0.717) is 6.54 Å². The van der Waals surface area contributed by atoms with Gasteiger partial charge in [0.2, 0.25) is 5.91 Å². The van der Waals surface area contributed by atoms with E-state index in [0.717, 1.165) is 43.0 Å². The highest BCUT2D eigenvalue weighted by molar-refractivity contribution is 5.86. The Morgan fingerprint density at radius 3 is 2.64 bits per heavy atom. The van der Waals surface area contributed by atoms with Crippen LogP contribution in [0.25, 0.3) is 11.0 Å². The number of piperazine rings is 1. The molecule has 1 amide bonds. The van der Waals surface area contributed by atoms with E-state index in [1.165, 1.54) is 0 Å². The number of hydrogen-bond acceptors (Lipinski definition) is 6. The summed E-state index contributed by atoms with van der Waals surface area (Å²) in [7, 11) is 5.46. The molecule has 1 aliphatic heterocycles. The second-order valence-corrected chi connectivity index (χ2v) is 5.75. The van der Waals surface area contributed by atoms with Crippen LogP contribution in [0.3, 0.4) is 0 Å². The fraction of sp³-hybridized carbons (Fsp3) is 0.571. The number of fused-ring (bicyclic) bond motifs is 1. The topological polar surface area (TPSA) is 70.4 Å². The van der Waals surface area contributed by atoms with Crippen molar-refractivity contribution >= 4 is 22.8 Å². The van der Waals surface area contributed by atoms with E-state index < -0.39 is 0 Å². The maximum Gasteiger partial charge on any atom is 0.236 e. The molecule has 1 saturated heterocycles. The molecule has 0 unspecified atom stereocenters. The summed E-state index contributed by atoms with van der Waals surface area (Å²) in [5.41, 5.74) is 0.843. The number of aromatic nitrogens is 4. The van der Waals surface area contributed by atoms with Crippen molar-refractivity contribution in [3.8, 4) is 0 Å². The first-order valence-corrected chi connectivity index (χ1v) is 7.36. The molecule has 2 aromatic heterocycles. The molecule has 0 saturated carbocycles. The monoisotopic (exact) mass is 303 g/mol. The van der Waals surface area contributed by atoms with E-state index in [1.54, 1.807) is 30.0 Å². The number of anilines is 1. The summed E-state index contributed by atoms with van der Waals surface area (Å²) in [5, 5.41) is 5.23. The summed E-state index contributed by atoms with van der Waals surface area (Å²) < 4.78 is 1.76. The molecule has 0 aromatic carbocycles. The summed E-state index contributed by atoms with van der Waals surface area (Å²) in [6, 6.07) is 0. The van der Waals surface area contributed by atoms with E-state index in [1.807, 2.05) is 13.2 Å². The van der Waals surface area contributed by atoms with Crippen molar-refractivity contribution in [2.45, 2.75) is 0 Å². The minimum Gasteiger partial charge on any atom is -0.353 e. The smallest absolute Gasteiger partial charge is 0.236 e. The van der Waals surface area contributed by atoms with Crippen molar-refractivity contribution < 1.29 is 4.79 Å². The van der Waals surface area contributed by atoms with Crippen LogP contribution in [0.15, 0.2) is 12.5 Å². The number of nitrogens with zero attached hydrogens (tertiary/aromatic N) is 7. The molecule has 8 heteroatoms. The predicted octanol–water partition coefficient (Wildman–Crippen LogP) is -0.426. The van der Waals surface area contributed by atoms with Crippen molar-refractivity contribution in [1.82, 2.24) is 29.5 Å². The molecule has 1 fully saturated rings. The molecule has 8 nitrogen and oxygen atoms in total. The third kappa shape index (κ3) is 2.74. The minimum absolute atomic E-state index is 0.144. The van der Waals surface area contributed by atoms with Crippen LogP contribution in [0.1, 0.15) is 0 Å². The van der Waals surface area contributed by atoms with Crippen LogP contribution in [-0.2, 0) is 11.8 Å². The number of likely N-dealkylation sites (N-methyl/N-ethyl adjacent to an activating group) is 1. The van der Waals surface area contributed by atoms with Gasteiger partial charge in [-0.15, -0.1) is 0 Å². The van der Waals surface area contributed by atoms with Gasteiger partial charge in [0.15, 0.2) is 5.65 Å². The van der Waals surface area contributed by atoms with Crippen LogP contribution in [0.5, 0.6) is 0 Å². The number of rotatable bonds is 3. The summed E-state index contributed by atoms with van der Waals surface area (Å²) in [6.45, 7) is 3.88. The van der Waals surface area contributed by atoms with Crippen LogP contribution in [-0.4, -0.2) is 82.3 Å². The maximum absolute atomic E-state index is 11.8. The van der Waals surface area contributed by atoms with Gasteiger partial charge in [0.05, 0.1) is 18.1 Å². The molecule has 118 valence electrons. The van der Waals surface area contributed by atoms with Crippen LogP contribution in [0.2, 0.25) is 0 Å². The van der Waals surface area contributed by atoms with Gasteiger partial charge in [-0.3, -0.25) is 14.4 Å². The second kappa shape index (κ2) is 5.88. The molecule has 0 aliphatic carbocycles. The Balaban J connectivity index is 1.69. The van der Waals surface area contributed by atoms with Crippen molar-refractivity contribution in [1.29, 1.82) is 0 Å². The number of hydrogen-bond donors (Lipinski definition) is 0. The lowest BCUT2D eigenvalue weighted by Crippen LogP contribution is -2.49. The first-order chi connectivity index (χ1) is 10.6. The number of carbonyl (C=O) groups excluding carboxylic acids is 1. The zero-order valence-corrected chi connectivity index (χ0v) is 13.2. The average Bonchev–Trinajstić information content (AvgIpc) is 2.90. The van der Waals surface area contributed by atoms with Gasteiger partial charge in [0.1, 0.15) is 12.1 Å². The normalized spacial score (nSPS) is 16.2. The average molecular weight is 303 g/mol. The van der Waals surface area contributed by atoms with Crippen molar-refractivity contribution in [2.75, 3.05) is 51.7 Å². The Hall–Kier alpha value is -2.22. The molecule has 0 spiro atoms. The lowest BCUT2D eigenvalue weighted by Gasteiger charge is -2.35. The zero-order chi connectivity index (χ0) is 15.7. The molecule has 2 aromatic rings. The summed E-state index contributed by atoms with van der Waals surface area (Å²) in [4.78, 5) is 26.5. The number of aryl methyl sites for hydroxylation is 1. The van der Waals surface area contributed by atoms with Gasteiger partial charge in [-0.2, -0.15) is 5.10 Å². The Labute approximate surface area is 129 Å². The SMILES string of the molecule is CN(C)C(=O)CN1CCN(c2ncnc3c2cnn3C)CC1. The molecule has 3 rings (SSSR count). The predicted molar refractivity (Wildman–Crippen MR) is 83.7 cm³/mol. The number of amides is 1. The first kappa shape index (κ1) is 14.7. The van der Waals surface area contributed by atoms with Gasteiger partial charge < -0.3 is 9.80 Å². The van der Waals surface area contributed by atoms with Crippen molar-refractivity contribution in [3.63, 3.8) is 0 Å². The van der Waals surface area contributed by atoms with E-state index in [4.69, 9.17) is 0 Å². The Morgan fingerprint density at radius 1 is 1.23 bits per heavy atom. The van der Waals surface area contributed by atoms with Crippen molar-refractivity contribution in [3.05, 3.63) is 12.5 Å². The van der Waals surface area contributed by atoms with E-state index in [2.05, 4.69) is 24.9 Å². The van der Waals surface area contributed by atoms with Gasteiger partial charge in [-0.25, -0.2) is 9.97 Å². The van der Waals surface area contributed by atoms with Gasteiger partial charge in [-0.05, 0) is 0 Å². The number of carbonyl (C=O) groups is 1. The second-order valence-electron chi connectivity index (χ2n) is 5.75. The largest absolute Gasteiger partial charge is 0.353 e. The molecule has 0 bridgehead atoms. The van der Waals surface area contributed by atoms with Gasteiger partial charge in [0.25, 0.3) is 0 Å². The summed E-state index contributed by atoms with van der Waals surface area (Å²) in [6.07, 6.45) is 3.40. The lowest BCUT2D eigenvalue weighted by molar-refractivity contribution is -0.129. The Bertz CT molecular complexity index is 673. The van der Waals surface area contributed by atoms with Crippen molar-refractivity contribution in [2.24, 2.45) is 7.05 Å². The van der Waals surface area contributed by atoms with Crippen LogP contribution in [0, 0.1) is 0 Å². The van der Waals surface area contributed by atoms with Crippen LogP contribution >= 0.6 is 0 Å². The highest BCUT2D eigenvalue weighted by Gasteiger charge is 2.22. The zero-order valence-electron chi connectivity index (χ0n) is 13.2. The molecule has 3 heterocycles. The summed E-state index contributed by atoms with van der Waals surface area (Å²) in [5.74, 6) is 1.07. The Morgan fingerprint density at radius 2 is 1.95 bits per heavy atom. The molecule has 0 radical (unpaired) electrons. The van der Waals surface area contributed by atoms with E-state index >= 15 is 0 Å². The van der Waals surface area contributed by atoms with E-state index in [9.17, 15) is 4.79 Å². The van der Waals surface area contributed by atoms with Gasteiger partial charge >= 0.3 is 0 Å². The fourth-order valence-corrected chi connectivity index (χ4v) is 2.65. The molecule has 0 atom stereocenters. The van der Waals surface area contributed by atoms with Crippen LogP contribution < -0.4 is 4.90 Å². The van der Waals surface area contributed by atoms with Crippen LogP contribution in [0.4, 0.5) is 5.82 Å². The molecule has 22 heavy (non-hydrogen) atoms. The minimum atomic E-state index is 0.144. The maximum atomic E-state index is 11.8. The third-order valence-electron chi connectivity index (χ3n) is 4.04. The lowest BCUT2D eigenvalue weighted by atomic mass is 10.2. The third-order valence-corrected chi connectivity index (χ3v) is 4.04. The van der Waals surface area contributed by atoms with Gasteiger partial charge in [-0.1, -0.05) is 0 Å². The molecular weight excluding hydrogens is 282 g/mol. The molecule has 0 N–H and O–H groups in total. The fourth-order valence-electron chi connectivity index (χ4n) is 2.65. The quantitative estimate of drug-likeness (QED) is 0.766. The Kier molecular flexibility index (Phi) is 3.93. The molecular formula is C14H21N7O. The highest BCUT2D eigenvalue weighted by atomic mass is 16.2. The van der Waals surface area contributed by atoms with E-state index in [-0.39, 0.29) is 5.91 Å². The summed E-state index contributed by atoms with van der Waals surface area (Å²) >= 11 is 0. The molecule has 1 aliphatic rings. The van der Waals surface area contributed by atoms with Gasteiger partial charge in [0, 0.05) is 47.3 Å².